The number of amides is 2. The Bertz CT molecular complexity index is 800. The second kappa shape index (κ2) is 6.11. The molecule has 2 aromatic carbocycles. The van der Waals surface area contributed by atoms with Crippen molar-refractivity contribution in [1.82, 2.24) is 0 Å². The second-order valence-electron chi connectivity index (χ2n) is 6.47. The smallest absolute Gasteiger partial charge is 0.235 e. The molecule has 0 saturated heterocycles. The van der Waals surface area contributed by atoms with E-state index in [1.54, 1.807) is 0 Å². The van der Waals surface area contributed by atoms with Crippen molar-refractivity contribution in [2.24, 2.45) is 0 Å². The standard InChI is InChI=1S/C20H20N2O2/c23-19-13-16(15-9-2-3-10-17(15)21-19)20(24)22-12-6-5-8-14-7-1-4-11-18(14)22/h1-4,7,9-11,16H,5-6,8,12-13H2,(H,21,23)/t16-/m1/s1. The van der Waals surface area contributed by atoms with Crippen molar-refractivity contribution >= 4 is 23.2 Å². The molecule has 0 spiro atoms. The molecule has 4 rings (SSSR count). The normalized spacial score (nSPS) is 19.8. The van der Waals surface area contributed by atoms with Gasteiger partial charge in [0.05, 0.1) is 5.92 Å². The van der Waals surface area contributed by atoms with Gasteiger partial charge in [0.15, 0.2) is 0 Å². The highest BCUT2D eigenvalue weighted by molar-refractivity contribution is 6.06. The minimum Gasteiger partial charge on any atom is -0.326 e. The number of benzene rings is 2. The molecule has 24 heavy (non-hydrogen) atoms. The molecule has 2 aliphatic rings. The first-order valence-electron chi connectivity index (χ1n) is 8.52. The van der Waals surface area contributed by atoms with Crippen LogP contribution in [0.2, 0.25) is 0 Å². The van der Waals surface area contributed by atoms with Crippen molar-refractivity contribution in [2.75, 3.05) is 16.8 Å². The lowest BCUT2D eigenvalue weighted by atomic mass is 9.89. The van der Waals surface area contributed by atoms with Gasteiger partial charge in [-0.3, -0.25) is 9.59 Å². The van der Waals surface area contributed by atoms with E-state index in [-0.39, 0.29) is 18.2 Å². The van der Waals surface area contributed by atoms with Crippen molar-refractivity contribution in [3.8, 4) is 0 Å². The highest BCUT2D eigenvalue weighted by atomic mass is 16.2. The van der Waals surface area contributed by atoms with E-state index in [0.29, 0.717) is 0 Å². The molecule has 2 heterocycles. The summed E-state index contributed by atoms with van der Waals surface area (Å²) in [7, 11) is 0. The van der Waals surface area contributed by atoms with E-state index in [0.717, 1.165) is 42.7 Å². The van der Waals surface area contributed by atoms with E-state index in [4.69, 9.17) is 0 Å². The predicted octanol–water partition coefficient (Wildman–Crippen LogP) is 3.48. The molecule has 1 N–H and O–H groups in total. The van der Waals surface area contributed by atoms with Crippen LogP contribution in [0.15, 0.2) is 48.5 Å². The highest BCUT2D eigenvalue weighted by Gasteiger charge is 2.34. The van der Waals surface area contributed by atoms with E-state index in [1.807, 2.05) is 47.4 Å². The predicted molar refractivity (Wildman–Crippen MR) is 94.2 cm³/mol. The fourth-order valence-electron chi connectivity index (χ4n) is 3.74. The molecule has 0 aliphatic carbocycles. The minimum atomic E-state index is -0.402. The zero-order valence-corrected chi connectivity index (χ0v) is 13.5. The topological polar surface area (TPSA) is 49.4 Å². The maximum absolute atomic E-state index is 13.3. The van der Waals surface area contributed by atoms with E-state index in [2.05, 4.69) is 11.4 Å². The minimum absolute atomic E-state index is 0.0339. The molecule has 4 heteroatoms. The Morgan fingerprint density at radius 1 is 1.04 bits per heavy atom. The number of fused-ring (bicyclic) bond motifs is 2. The van der Waals surface area contributed by atoms with Crippen molar-refractivity contribution < 1.29 is 9.59 Å². The van der Waals surface area contributed by atoms with Gasteiger partial charge in [-0.1, -0.05) is 36.4 Å². The molecule has 0 fully saturated rings. The molecule has 0 saturated carbocycles. The van der Waals surface area contributed by atoms with Crippen LogP contribution in [-0.2, 0) is 16.0 Å². The Kier molecular flexibility index (Phi) is 3.81. The van der Waals surface area contributed by atoms with Crippen LogP contribution in [0.25, 0.3) is 0 Å². The van der Waals surface area contributed by atoms with Crippen LogP contribution >= 0.6 is 0 Å². The Morgan fingerprint density at radius 2 is 1.83 bits per heavy atom. The summed E-state index contributed by atoms with van der Waals surface area (Å²) in [4.78, 5) is 27.3. The fraction of sp³-hybridized carbons (Fsp3) is 0.300. The molecule has 122 valence electrons. The average Bonchev–Trinajstić information content (AvgIpc) is 2.83. The lowest BCUT2D eigenvalue weighted by Gasteiger charge is -2.31. The van der Waals surface area contributed by atoms with E-state index in [9.17, 15) is 9.59 Å². The molecule has 0 aromatic heterocycles. The molecule has 1 atom stereocenters. The van der Waals surface area contributed by atoms with Crippen LogP contribution in [0.1, 0.15) is 36.3 Å². The molecule has 0 bridgehead atoms. The van der Waals surface area contributed by atoms with Gasteiger partial charge in [-0.2, -0.15) is 0 Å². The quantitative estimate of drug-likeness (QED) is 0.874. The zero-order chi connectivity index (χ0) is 16.5. The average molecular weight is 320 g/mol. The molecule has 2 aromatic rings. The second-order valence-corrected chi connectivity index (χ2v) is 6.47. The Balaban J connectivity index is 1.73. The van der Waals surface area contributed by atoms with Gasteiger partial charge in [0.25, 0.3) is 0 Å². The summed E-state index contributed by atoms with van der Waals surface area (Å²) >= 11 is 0. The molecular formula is C20H20N2O2. The number of nitrogens with zero attached hydrogens (tertiary/aromatic N) is 1. The summed E-state index contributed by atoms with van der Waals surface area (Å²) in [5, 5.41) is 2.87. The summed E-state index contributed by atoms with van der Waals surface area (Å²) < 4.78 is 0. The summed E-state index contributed by atoms with van der Waals surface area (Å²) in [6.45, 7) is 0.718. The Morgan fingerprint density at radius 3 is 2.75 bits per heavy atom. The van der Waals surface area contributed by atoms with Crippen molar-refractivity contribution in [2.45, 2.75) is 31.6 Å². The summed E-state index contributed by atoms with van der Waals surface area (Å²) in [6.07, 6.45) is 3.29. The number of carbonyl (C=O) groups excluding carboxylic acids is 2. The Labute approximate surface area is 141 Å². The van der Waals surface area contributed by atoms with Gasteiger partial charge in [0, 0.05) is 24.3 Å². The molecule has 4 nitrogen and oxygen atoms in total. The van der Waals surface area contributed by atoms with Gasteiger partial charge in [0.1, 0.15) is 0 Å². The first-order chi connectivity index (χ1) is 11.7. The summed E-state index contributed by atoms with van der Waals surface area (Å²) in [5.41, 5.74) is 3.90. The largest absolute Gasteiger partial charge is 0.326 e. The van der Waals surface area contributed by atoms with Gasteiger partial charge in [-0.05, 0) is 42.5 Å². The van der Waals surface area contributed by atoms with Crippen LogP contribution in [-0.4, -0.2) is 18.4 Å². The fourth-order valence-corrected chi connectivity index (χ4v) is 3.74. The Hall–Kier alpha value is -2.62. The van der Waals surface area contributed by atoms with Crippen LogP contribution in [0.3, 0.4) is 0 Å². The van der Waals surface area contributed by atoms with Gasteiger partial charge >= 0.3 is 0 Å². The summed E-state index contributed by atoms with van der Waals surface area (Å²) in [6, 6.07) is 15.7. The van der Waals surface area contributed by atoms with Gasteiger partial charge in [0.2, 0.25) is 11.8 Å². The molecule has 2 amide bonds. The first kappa shape index (κ1) is 14.9. The number of carbonyl (C=O) groups is 2. The van der Waals surface area contributed by atoms with Gasteiger partial charge in [-0.25, -0.2) is 0 Å². The maximum Gasteiger partial charge on any atom is 0.235 e. The molecular weight excluding hydrogens is 300 g/mol. The third-order valence-corrected chi connectivity index (χ3v) is 4.92. The zero-order valence-electron chi connectivity index (χ0n) is 13.5. The number of anilines is 2. The SMILES string of the molecule is O=C1C[C@@H](C(=O)N2CCCCc3ccccc32)c2ccccc2N1. The van der Waals surface area contributed by atoms with E-state index >= 15 is 0 Å². The summed E-state index contributed by atoms with van der Waals surface area (Å²) in [5.74, 6) is -0.456. The number of nitrogens with one attached hydrogen (secondary N) is 1. The number of hydrogen-bond acceptors (Lipinski definition) is 2. The lowest BCUT2D eigenvalue weighted by Crippen LogP contribution is -2.39. The number of hydrogen-bond donors (Lipinski definition) is 1. The number of para-hydroxylation sites is 2. The van der Waals surface area contributed by atoms with Crippen LogP contribution in [0.4, 0.5) is 11.4 Å². The van der Waals surface area contributed by atoms with Crippen molar-refractivity contribution in [3.05, 3.63) is 59.7 Å². The molecule has 0 unspecified atom stereocenters. The third kappa shape index (κ3) is 2.58. The highest BCUT2D eigenvalue weighted by Crippen LogP contribution is 2.36. The van der Waals surface area contributed by atoms with Gasteiger partial charge in [-0.15, -0.1) is 0 Å². The molecule has 0 radical (unpaired) electrons. The lowest BCUT2D eigenvalue weighted by molar-refractivity contribution is -0.124. The maximum atomic E-state index is 13.3. The van der Waals surface area contributed by atoms with Crippen LogP contribution in [0, 0.1) is 0 Å². The monoisotopic (exact) mass is 320 g/mol. The molecule has 2 aliphatic heterocycles. The van der Waals surface area contributed by atoms with Crippen molar-refractivity contribution in [3.63, 3.8) is 0 Å². The van der Waals surface area contributed by atoms with E-state index < -0.39 is 5.92 Å². The third-order valence-electron chi connectivity index (χ3n) is 4.92. The number of rotatable bonds is 1. The van der Waals surface area contributed by atoms with Crippen molar-refractivity contribution in [1.29, 1.82) is 0 Å². The van der Waals surface area contributed by atoms with Crippen LogP contribution in [0.5, 0.6) is 0 Å². The van der Waals surface area contributed by atoms with Gasteiger partial charge < -0.3 is 10.2 Å². The van der Waals surface area contributed by atoms with Crippen LogP contribution < -0.4 is 10.2 Å². The van der Waals surface area contributed by atoms with E-state index in [1.165, 1.54) is 5.56 Å². The first-order valence-corrected chi connectivity index (χ1v) is 8.52. The number of aryl methyl sites for hydroxylation is 1.